The van der Waals surface area contributed by atoms with Crippen molar-refractivity contribution in [2.45, 2.75) is 38.0 Å². The molecule has 0 spiro atoms. The summed E-state index contributed by atoms with van der Waals surface area (Å²) in [5, 5.41) is 3.42. The number of amidine groups is 4. The van der Waals surface area contributed by atoms with Crippen LogP contribution in [0.3, 0.4) is 0 Å². The predicted octanol–water partition coefficient (Wildman–Crippen LogP) is 0.261. The number of nitrogens with zero attached hydrogens (tertiary/aromatic N) is 6. The van der Waals surface area contributed by atoms with E-state index in [2.05, 4.69) is 35.3 Å². The standard InChI is InChI=1S/C16H16N8/c1-2-10-17-9(1)21-11-3-4-13(18-11)23-15-7-8-16(20-15)24-14-6-5-12(19-14)22-10/h1-4,12,14,19H,5-8H2,(H,17,18,20,21,22,23,24). The van der Waals surface area contributed by atoms with Gasteiger partial charge in [0, 0.05) is 12.8 Å². The van der Waals surface area contributed by atoms with Crippen LogP contribution in [0.15, 0.2) is 54.2 Å². The maximum absolute atomic E-state index is 4.71. The van der Waals surface area contributed by atoms with Gasteiger partial charge in [-0.3, -0.25) is 10.3 Å². The van der Waals surface area contributed by atoms with Gasteiger partial charge in [-0.2, -0.15) is 0 Å². The lowest BCUT2D eigenvalue weighted by Crippen LogP contribution is -2.27. The molecule has 0 aliphatic carbocycles. The van der Waals surface area contributed by atoms with E-state index in [0.29, 0.717) is 11.7 Å². The molecular weight excluding hydrogens is 304 g/mol. The van der Waals surface area contributed by atoms with Crippen LogP contribution < -0.4 is 16.3 Å². The molecule has 8 nitrogen and oxygen atoms in total. The second-order valence-electron chi connectivity index (χ2n) is 6.09. The summed E-state index contributed by atoms with van der Waals surface area (Å²) in [6, 6.07) is 3.78. The van der Waals surface area contributed by atoms with Crippen LogP contribution in [0.4, 0.5) is 0 Å². The van der Waals surface area contributed by atoms with Crippen molar-refractivity contribution in [1.82, 2.24) is 10.3 Å². The SMILES string of the molecule is C1=CC2=NC3CCC(N=C4CCC(=N4)N=c4ccc([nH]4)=NC1=N2)N3. The van der Waals surface area contributed by atoms with Crippen molar-refractivity contribution < 1.29 is 0 Å². The van der Waals surface area contributed by atoms with E-state index < -0.39 is 0 Å². The van der Waals surface area contributed by atoms with Crippen LogP contribution in [0.5, 0.6) is 0 Å². The van der Waals surface area contributed by atoms with E-state index in [1.54, 1.807) is 0 Å². The van der Waals surface area contributed by atoms with E-state index in [4.69, 9.17) is 4.99 Å². The van der Waals surface area contributed by atoms with Crippen molar-refractivity contribution in [2.75, 3.05) is 0 Å². The first kappa shape index (κ1) is 13.7. The van der Waals surface area contributed by atoms with E-state index in [-0.39, 0.29) is 12.3 Å². The minimum Gasteiger partial charge on any atom is -0.325 e. The Bertz CT molecular complexity index is 958. The third-order valence-electron chi connectivity index (χ3n) is 4.27. The zero-order chi connectivity index (χ0) is 15.9. The highest BCUT2D eigenvalue weighted by molar-refractivity contribution is 6.14. The molecule has 1 saturated heterocycles. The lowest BCUT2D eigenvalue weighted by molar-refractivity contribution is 0.565. The fourth-order valence-electron chi connectivity index (χ4n) is 3.15. The van der Waals surface area contributed by atoms with Gasteiger partial charge in [-0.1, -0.05) is 0 Å². The number of rotatable bonds is 0. The van der Waals surface area contributed by atoms with Crippen molar-refractivity contribution in [1.29, 1.82) is 0 Å². The highest BCUT2D eigenvalue weighted by Gasteiger charge is 2.24. The first-order valence-electron chi connectivity index (χ1n) is 8.17. The van der Waals surface area contributed by atoms with Gasteiger partial charge in [-0.15, -0.1) is 0 Å². The molecule has 4 aliphatic heterocycles. The van der Waals surface area contributed by atoms with Crippen LogP contribution in [-0.2, 0) is 0 Å². The van der Waals surface area contributed by atoms with Crippen molar-refractivity contribution in [2.24, 2.45) is 30.0 Å². The predicted molar refractivity (Wildman–Crippen MR) is 91.2 cm³/mol. The Kier molecular flexibility index (Phi) is 3.08. The van der Waals surface area contributed by atoms with Gasteiger partial charge in [0.05, 0.1) is 0 Å². The van der Waals surface area contributed by atoms with Crippen LogP contribution in [0.2, 0.25) is 0 Å². The Labute approximate surface area is 137 Å². The number of H-pyrrole nitrogens is 1. The molecule has 2 atom stereocenters. The van der Waals surface area contributed by atoms with Crippen molar-refractivity contribution in [3.8, 4) is 0 Å². The Morgan fingerprint density at radius 2 is 1.50 bits per heavy atom. The molecule has 2 unspecified atom stereocenters. The Morgan fingerprint density at radius 3 is 2.42 bits per heavy atom. The average Bonchev–Trinajstić information content (AvgIpc) is 3.32. The molecule has 4 aliphatic rings. The Hall–Kier alpha value is -2.74. The first-order chi connectivity index (χ1) is 11.8. The van der Waals surface area contributed by atoms with Crippen molar-refractivity contribution in [3.63, 3.8) is 0 Å². The summed E-state index contributed by atoms with van der Waals surface area (Å²) >= 11 is 0. The second-order valence-corrected chi connectivity index (χ2v) is 6.09. The van der Waals surface area contributed by atoms with E-state index in [1.807, 2.05) is 24.3 Å². The molecule has 120 valence electrons. The topological polar surface area (TPSA) is 102 Å². The minimum absolute atomic E-state index is 0.0432. The van der Waals surface area contributed by atoms with E-state index in [9.17, 15) is 0 Å². The zero-order valence-electron chi connectivity index (χ0n) is 13.0. The first-order valence-corrected chi connectivity index (χ1v) is 8.17. The maximum atomic E-state index is 4.71. The largest absolute Gasteiger partial charge is 0.325 e. The van der Waals surface area contributed by atoms with Gasteiger partial charge < -0.3 is 4.98 Å². The summed E-state index contributed by atoms with van der Waals surface area (Å²) in [6.45, 7) is 0. The summed E-state index contributed by atoms with van der Waals surface area (Å²) in [5.41, 5.74) is 1.47. The monoisotopic (exact) mass is 320 g/mol. The summed E-state index contributed by atoms with van der Waals surface area (Å²) in [6.07, 6.45) is 7.43. The summed E-state index contributed by atoms with van der Waals surface area (Å²) in [7, 11) is 0. The maximum Gasteiger partial charge on any atom is 0.156 e. The van der Waals surface area contributed by atoms with Gasteiger partial charge in [0.2, 0.25) is 0 Å². The minimum atomic E-state index is 0.0432. The molecule has 8 heteroatoms. The number of aliphatic imine (C=N–C) groups is 4. The molecule has 0 radical (unpaired) electrons. The molecule has 1 aromatic heterocycles. The summed E-state index contributed by atoms with van der Waals surface area (Å²) in [5.74, 6) is 3.01. The third-order valence-corrected chi connectivity index (χ3v) is 4.27. The highest BCUT2D eigenvalue weighted by Crippen LogP contribution is 2.18. The molecular formula is C16H16N8. The quantitative estimate of drug-likeness (QED) is 0.704. The average molecular weight is 320 g/mol. The molecule has 5 rings (SSSR count). The summed E-state index contributed by atoms with van der Waals surface area (Å²) in [4.78, 5) is 30.6. The lowest BCUT2D eigenvalue weighted by Gasteiger charge is -2.07. The van der Waals surface area contributed by atoms with E-state index in [0.717, 1.165) is 48.3 Å². The van der Waals surface area contributed by atoms with Crippen LogP contribution in [0.1, 0.15) is 25.7 Å². The second kappa shape index (κ2) is 5.41. The third kappa shape index (κ3) is 2.65. The number of hydrogen-bond acceptors (Lipinski definition) is 7. The van der Waals surface area contributed by atoms with E-state index >= 15 is 0 Å². The molecule has 0 aromatic carbocycles. The molecule has 0 saturated carbocycles. The van der Waals surface area contributed by atoms with Gasteiger partial charge in [-0.05, 0) is 37.1 Å². The van der Waals surface area contributed by atoms with Crippen LogP contribution in [0.25, 0.3) is 0 Å². The lowest BCUT2D eigenvalue weighted by atomic mass is 10.3. The van der Waals surface area contributed by atoms with Gasteiger partial charge in [-0.25, -0.2) is 25.0 Å². The molecule has 0 amide bonds. The molecule has 5 heterocycles. The van der Waals surface area contributed by atoms with Crippen molar-refractivity contribution in [3.05, 3.63) is 35.3 Å². The smallest absolute Gasteiger partial charge is 0.156 e. The number of nitrogens with one attached hydrogen (secondary N) is 2. The van der Waals surface area contributed by atoms with E-state index in [1.165, 1.54) is 0 Å². The number of fused-ring (bicyclic) bond motifs is 6. The van der Waals surface area contributed by atoms with Crippen LogP contribution >= 0.6 is 0 Å². The van der Waals surface area contributed by atoms with Crippen LogP contribution in [0, 0.1) is 0 Å². The van der Waals surface area contributed by atoms with Gasteiger partial charge in [0.1, 0.15) is 35.0 Å². The Morgan fingerprint density at radius 1 is 0.750 bits per heavy atom. The fraction of sp³-hybridized carbons (Fsp3) is 0.375. The molecule has 8 bridgehead atoms. The number of hydrogen-bond donors (Lipinski definition) is 2. The van der Waals surface area contributed by atoms with Crippen LogP contribution in [-0.4, -0.2) is 40.7 Å². The fourth-order valence-corrected chi connectivity index (χ4v) is 3.15. The number of aromatic nitrogens is 1. The zero-order valence-corrected chi connectivity index (χ0v) is 13.0. The molecule has 1 aromatic rings. The Balaban J connectivity index is 1.62. The van der Waals surface area contributed by atoms with Gasteiger partial charge in [0.15, 0.2) is 11.7 Å². The highest BCUT2D eigenvalue weighted by atomic mass is 15.2. The summed E-state index contributed by atoms with van der Waals surface area (Å²) < 4.78 is 0. The van der Waals surface area contributed by atoms with Gasteiger partial charge >= 0.3 is 0 Å². The normalized spacial score (nSPS) is 27.8. The molecule has 24 heavy (non-hydrogen) atoms. The van der Waals surface area contributed by atoms with Gasteiger partial charge in [0.25, 0.3) is 0 Å². The van der Waals surface area contributed by atoms with Crippen molar-refractivity contribution >= 4 is 23.3 Å². The molecule has 1 fully saturated rings. The number of aromatic amines is 1. The molecule has 2 N–H and O–H groups in total.